The number of aryl methyl sites for hydroxylation is 1. The van der Waals surface area contributed by atoms with E-state index in [1.54, 1.807) is 24.2 Å². The van der Waals surface area contributed by atoms with Gasteiger partial charge in [-0.1, -0.05) is 6.07 Å². The maximum absolute atomic E-state index is 9.78. The van der Waals surface area contributed by atoms with Crippen LogP contribution in [0.4, 0.5) is 5.82 Å². The van der Waals surface area contributed by atoms with Crippen molar-refractivity contribution in [2.75, 3.05) is 12.0 Å². The Bertz CT molecular complexity index is 888. The zero-order chi connectivity index (χ0) is 16.7. The fourth-order valence-electron chi connectivity index (χ4n) is 2.96. The molecule has 124 valence electrons. The van der Waals surface area contributed by atoms with Gasteiger partial charge < -0.3 is 14.7 Å². The van der Waals surface area contributed by atoms with E-state index in [1.807, 2.05) is 25.4 Å². The summed E-state index contributed by atoms with van der Waals surface area (Å²) in [4.78, 5) is 11.1. The second kappa shape index (κ2) is 5.67. The molecular formula is C17H19N5O2. The van der Waals surface area contributed by atoms with E-state index >= 15 is 0 Å². The highest BCUT2D eigenvalue weighted by Crippen LogP contribution is 2.36. The molecule has 2 aromatic heterocycles. The molecule has 1 saturated carbocycles. The second-order valence-corrected chi connectivity index (χ2v) is 6.07. The molecule has 0 atom stereocenters. The maximum atomic E-state index is 9.78. The highest BCUT2D eigenvalue weighted by molar-refractivity contribution is 5.86. The zero-order valence-corrected chi connectivity index (χ0v) is 13.7. The molecule has 0 amide bonds. The third kappa shape index (κ3) is 2.51. The lowest BCUT2D eigenvalue weighted by atomic mass is 10.1. The Morgan fingerprint density at radius 1 is 1.33 bits per heavy atom. The largest absolute Gasteiger partial charge is 0.504 e. The van der Waals surface area contributed by atoms with Crippen LogP contribution in [0.5, 0.6) is 11.5 Å². The number of rotatable bonds is 5. The maximum Gasteiger partial charge on any atom is 0.163 e. The van der Waals surface area contributed by atoms with Gasteiger partial charge in [0.15, 0.2) is 17.1 Å². The monoisotopic (exact) mass is 325 g/mol. The number of methoxy groups -OCH3 is 1. The molecule has 0 radical (unpaired) electrons. The molecule has 1 aromatic carbocycles. The summed E-state index contributed by atoms with van der Waals surface area (Å²) in [5, 5.41) is 15.0. The average molecular weight is 325 g/mol. The number of ether oxygens (including phenoxy) is 1. The number of nitrogens with zero attached hydrogens (tertiary/aromatic N) is 5. The number of benzene rings is 1. The summed E-state index contributed by atoms with van der Waals surface area (Å²) in [5.74, 6) is 1.54. The molecule has 3 aromatic rings. The van der Waals surface area contributed by atoms with Gasteiger partial charge in [-0.05, 0) is 30.5 Å². The lowest BCUT2D eigenvalue weighted by Crippen LogP contribution is -2.26. The van der Waals surface area contributed by atoms with Crippen LogP contribution in [0.25, 0.3) is 11.0 Å². The van der Waals surface area contributed by atoms with Crippen LogP contribution in [0.1, 0.15) is 18.4 Å². The van der Waals surface area contributed by atoms with Crippen molar-refractivity contribution in [2.24, 2.45) is 7.05 Å². The van der Waals surface area contributed by atoms with Crippen molar-refractivity contribution in [3.63, 3.8) is 0 Å². The Hall–Kier alpha value is -2.83. The summed E-state index contributed by atoms with van der Waals surface area (Å²) < 4.78 is 6.97. The molecule has 0 bridgehead atoms. The van der Waals surface area contributed by atoms with Crippen molar-refractivity contribution < 1.29 is 9.84 Å². The van der Waals surface area contributed by atoms with Crippen LogP contribution in [0, 0.1) is 0 Å². The van der Waals surface area contributed by atoms with Gasteiger partial charge in [-0.2, -0.15) is 5.10 Å². The van der Waals surface area contributed by atoms with Crippen molar-refractivity contribution in [3.8, 4) is 11.5 Å². The Morgan fingerprint density at radius 2 is 2.17 bits per heavy atom. The Labute approximate surface area is 139 Å². The summed E-state index contributed by atoms with van der Waals surface area (Å²) in [6.45, 7) is 0.697. The van der Waals surface area contributed by atoms with Crippen LogP contribution in [0.2, 0.25) is 0 Å². The minimum absolute atomic E-state index is 0.149. The molecule has 0 spiro atoms. The number of anilines is 1. The fraction of sp³-hybridized carbons (Fsp3) is 0.353. The van der Waals surface area contributed by atoms with Gasteiger partial charge in [0, 0.05) is 19.6 Å². The quantitative estimate of drug-likeness (QED) is 0.775. The van der Waals surface area contributed by atoms with Crippen LogP contribution in [-0.4, -0.2) is 38.0 Å². The van der Waals surface area contributed by atoms with Crippen molar-refractivity contribution in [2.45, 2.75) is 25.4 Å². The molecule has 1 aliphatic carbocycles. The number of hydrogen-bond donors (Lipinski definition) is 1. The number of aromatic hydroxyl groups is 1. The third-order valence-corrected chi connectivity index (χ3v) is 4.37. The van der Waals surface area contributed by atoms with Crippen molar-refractivity contribution in [3.05, 3.63) is 36.3 Å². The van der Waals surface area contributed by atoms with Crippen LogP contribution in [-0.2, 0) is 13.6 Å². The standard InChI is InChI=1S/C17H19N5O2/c1-21-16-13(8-20-21)17(19-10-18-16)22(12-4-5-12)9-11-3-6-14(23)15(7-11)24-2/h3,6-8,10,12,23H,4-5,9H2,1-2H3. The first kappa shape index (κ1) is 14.7. The number of phenols is 1. The van der Waals surface area contributed by atoms with Gasteiger partial charge in [0.2, 0.25) is 0 Å². The lowest BCUT2D eigenvalue weighted by molar-refractivity contribution is 0.373. The minimum atomic E-state index is 0.149. The molecule has 24 heavy (non-hydrogen) atoms. The number of hydrogen-bond acceptors (Lipinski definition) is 6. The van der Waals surface area contributed by atoms with Gasteiger partial charge in [-0.3, -0.25) is 4.68 Å². The highest BCUT2D eigenvalue weighted by atomic mass is 16.5. The molecule has 1 N–H and O–H groups in total. The van der Waals surface area contributed by atoms with E-state index in [2.05, 4.69) is 20.0 Å². The summed E-state index contributed by atoms with van der Waals surface area (Å²) in [7, 11) is 3.44. The lowest BCUT2D eigenvalue weighted by Gasteiger charge is -2.24. The summed E-state index contributed by atoms with van der Waals surface area (Å²) in [6.07, 6.45) is 5.71. The molecule has 1 aliphatic rings. The SMILES string of the molecule is COc1cc(CN(c2ncnc3c2cnn3C)C2CC2)ccc1O. The molecule has 7 heteroatoms. The van der Waals surface area contributed by atoms with Gasteiger partial charge in [0.1, 0.15) is 12.1 Å². The van der Waals surface area contributed by atoms with Gasteiger partial charge in [0.05, 0.1) is 18.7 Å². The normalized spacial score (nSPS) is 14.1. The smallest absolute Gasteiger partial charge is 0.163 e. The van der Waals surface area contributed by atoms with Crippen molar-refractivity contribution in [1.82, 2.24) is 19.7 Å². The van der Waals surface area contributed by atoms with E-state index in [0.717, 1.165) is 35.3 Å². The molecule has 0 unspecified atom stereocenters. The van der Waals surface area contributed by atoms with Gasteiger partial charge in [-0.15, -0.1) is 0 Å². The number of fused-ring (bicyclic) bond motifs is 1. The molecule has 1 fully saturated rings. The summed E-state index contributed by atoms with van der Waals surface area (Å²) in [5.41, 5.74) is 1.89. The topological polar surface area (TPSA) is 76.3 Å². The second-order valence-electron chi connectivity index (χ2n) is 6.07. The average Bonchev–Trinajstić information content (AvgIpc) is 3.37. The van der Waals surface area contributed by atoms with Gasteiger partial charge >= 0.3 is 0 Å². The molecule has 2 heterocycles. The molecule has 0 saturated heterocycles. The van der Waals surface area contributed by atoms with E-state index in [0.29, 0.717) is 18.3 Å². The fourth-order valence-corrected chi connectivity index (χ4v) is 2.96. The van der Waals surface area contributed by atoms with Crippen molar-refractivity contribution >= 4 is 16.9 Å². The van der Waals surface area contributed by atoms with Crippen LogP contribution >= 0.6 is 0 Å². The molecular weight excluding hydrogens is 306 g/mol. The Kier molecular flexibility index (Phi) is 3.48. The minimum Gasteiger partial charge on any atom is -0.504 e. The van der Waals surface area contributed by atoms with E-state index in [4.69, 9.17) is 4.74 Å². The molecule has 7 nitrogen and oxygen atoms in total. The number of aromatic nitrogens is 4. The molecule has 0 aliphatic heterocycles. The van der Waals surface area contributed by atoms with Gasteiger partial charge in [0.25, 0.3) is 0 Å². The van der Waals surface area contributed by atoms with E-state index in [9.17, 15) is 5.11 Å². The first-order valence-electron chi connectivity index (χ1n) is 7.92. The third-order valence-electron chi connectivity index (χ3n) is 4.37. The van der Waals surface area contributed by atoms with E-state index in [-0.39, 0.29) is 5.75 Å². The predicted octanol–water partition coefficient (Wildman–Crippen LogP) is 2.25. The first-order chi connectivity index (χ1) is 11.7. The summed E-state index contributed by atoms with van der Waals surface area (Å²) >= 11 is 0. The Balaban J connectivity index is 1.72. The van der Waals surface area contributed by atoms with E-state index < -0.39 is 0 Å². The Morgan fingerprint density at radius 3 is 2.92 bits per heavy atom. The van der Waals surface area contributed by atoms with Crippen molar-refractivity contribution in [1.29, 1.82) is 0 Å². The van der Waals surface area contributed by atoms with E-state index in [1.165, 1.54) is 0 Å². The number of phenolic OH excluding ortho intramolecular Hbond substituents is 1. The zero-order valence-electron chi connectivity index (χ0n) is 13.7. The first-order valence-corrected chi connectivity index (χ1v) is 7.92. The van der Waals surface area contributed by atoms with Crippen LogP contribution in [0.15, 0.2) is 30.7 Å². The predicted molar refractivity (Wildman–Crippen MR) is 90.2 cm³/mol. The van der Waals surface area contributed by atoms with Gasteiger partial charge in [-0.25, -0.2) is 9.97 Å². The highest BCUT2D eigenvalue weighted by Gasteiger charge is 2.31. The van der Waals surface area contributed by atoms with Crippen LogP contribution in [0.3, 0.4) is 0 Å². The molecule has 4 rings (SSSR count). The summed E-state index contributed by atoms with van der Waals surface area (Å²) in [6, 6.07) is 5.92. The van der Waals surface area contributed by atoms with Crippen LogP contribution < -0.4 is 9.64 Å².